The Morgan fingerprint density at radius 2 is 2.09 bits per heavy atom. The van der Waals surface area contributed by atoms with Crippen molar-refractivity contribution < 1.29 is 9.59 Å². The summed E-state index contributed by atoms with van der Waals surface area (Å²) in [7, 11) is 0. The van der Waals surface area contributed by atoms with Gasteiger partial charge in [-0.25, -0.2) is 0 Å². The fourth-order valence-electron chi connectivity index (χ4n) is 3.60. The molecule has 0 unspecified atom stereocenters. The molecule has 1 aliphatic heterocycles. The Hall–Kier alpha value is -1.91. The van der Waals surface area contributed by atoms with Crippen molar-refractivity contribution in [2.75, 3.05) is 13.1 Å². The minimum atomic E-state index is -0.144. The molecule has 0 bridgehead atoms. The van der Waals surface area contributed by atoms with Gasteiger partial charge < -0.3 is 10.2 Å². The smallest absolute Gasteiger partial charge is 0.253 e. The van der Waals surface area contributed by atoms with E-state index in [1.165, 1.54) is 32.1 Å². The zero-order chi connectivity index (χ0) is 16.2. The number of nitrogens with one attached hydrogen (secondary N) is 1. The summed E-state index contributed by atoms with van der Waals surface area (Å²) in [5.74, 6) is 0.668. The highest BCUT2D eigenvalue weighted by Crippen LogP contribution is 2.26. The predicted molar refractivity (Wildman–Crippen MR) is 88.0 cm³/mol. The zero-order valence-electron chi connectivity index (χ0n) is 13.8. The van der Waals surface area contributed by atoms with E-state index in [1.807, 2.05) is 17.9 Å². The highest BCUT2D eigenvalue weighted by molar-refractivity contribution is 5.94. The maximum absolute atomic E-state index is 12.2. The van der Waals surface area contributed by atoms with Crippen LogP contribution in [0.4, 0.5) is 0 Å². The van der Waals surface area contributed by atoms with Gasteiger partial charge in [0.2, 0.25) is 5.91 Å². The molecule has 1 aromatic heterocycles. The van der Waals surface area contributed by atoms with Gasteiger partial charge in [-0.1, -0.05) is 19.3 Å². The van der Waals surface area contributed by atoms with E-state index in [0.29, 0.717) is 24.4 Å². The quantitative estimate of drug-likeness (QED) is 0.927. The second-order valence-electron chi connectivity index (χ2n) is 6.87. The first-order valence-corrected chi connectivity index (χ1v) is 8.63. The van der Waals surface area contributed by atoms with Crippen molar-refractivity contribution in [2.24, 2.45) is 5.92 Å². The van der Waals surface area contributed by atoms with Gasteiger partial charge in [0.05, 0.1) is 11.6 Å². The summed E-state index contributed by atoms with van der Waals surface area (Å²) in [4.78, 5) is 30.5. The molecule has 1 saturated carbocycles. The molecule has 5 heteroatoms. The van der Waals surface area contributed by atoms with E-state index >= 15 is 0 Å². The molecule has 23 heavy (non-hydrogen) atoms. The van der Waals surface area contributed by atoms with Crippen LogP contribution in [0.15, 0.2) is 18.3 Å². The fraction of sp³-hybridized carbons (Fsp3) is 0.611. The molecular formula is C18H25N3O2. The number of rotatable bonds is 4. The molecule has 1 aromatic rings. The van der Waals surface area contributed by atoms with Crippen LogP contribution in [0.2, 0.25) is 0 Å². The van der Waals surface area contributed by atoms with Gasteiger partial charge in [0.1, 0.15) is 0 Å². The van der Waals surface area contributed by atoms with Gasteiger partial charge in [-0.3, -0.25) is 14.6 Å². The molecule has 0 spiro atoms. The van der Waals surface area contributed by atoms with Crippen LogP contribution < -0.4 is 5.32 Å². The van der Waals surface area contributed by atoms with Crippen molar-refractivity contribution in [3.05, 3.63) is 29.6 Å². The number of hydrogen-bond donors (Lipinski definition) is 1. The van der Waals surface area contributed by atoms with Crippen LogP contribution in [0.25, 0.3) is 0 Å². The molecule has 1 atom stereocenters. The molecular weight excluding hydrogens is 290 g/mol. The Bertz CT molecular complexity index is 564. The van der Waals surface area contributed by atoms with Gasteiger partial charge >= 0.3 is 0 Å². The molecule has 2 aliphatic rings. The zero-order valence-corrected chi connectivity index (χ0v) is 13.8. The maximum Gasteiger partial charge on any atom is 0.253 e. The number of carbonyl (C=O) groups excluding carboxylic acids is 2. The summed E-state index contributed by atoms with van der Waals surface area (Å²) in [6.45, 7) is 3.39. The lowest BCUT2D eigenvalue weighted by Gasteiger charge is -2.27. The minimum absolute atomic E-state index is 0.0834. The standard InChI is InChI=1S/C18H25N3O2/c1-13-7-8-15(10-19-13)18(23)20-16-9-17(22)21(12-16)11-14-5-3-2-4-6-14/h7-8,10,14,16H,2-6,9,11-12H2,1H3,(H,20,23)/t16-/m0/s1. The third kappa shape index (κ3) is 4.09. The lowest BCUT2D eigenvalue weighted by molar-refractivity contribution is -0.128. The van der Waals surface area contributed by atoms with Crippen LogP contribution in [0, 0.1) is 12.8 Å². The molecule has 1 aliphatic carbocycles. The van der Waals surface area contributed by atoms with Crippen molar-refractivity contribution >= 4 is 11.8 Å². The first kappa shape index (κ1) is 16.0. The summed E-state index contributed by atoms with van der Waals surface area (Å²) in [5.41, 5.74) is 1.44. The van der Waals surface area contributed by atoms with E-state index in [0.717, 1.165) is 12.2 Å². The monoisotopic (exact) mass is 315 g/mol. The largest absolute Gasteiger partial charge is 0.347 e. The van der Waals surface area contributed by atoms with Crippen LogP contribution in [0.3, 0.4) is 0 Å². The third-order valence-electron chi connectivity index (χ3n) is 4.93. The topological polar surface area (TPSA) is 62.3 Å². The maximum atomic E-state index is 12.2. The summed E-state index contributed by atoms with van der Waals surface area (Å²) in [6, 6.07) is 3.51. The second-order valence-corrected chi connectivity index (χ2v) is 6.87. The first-order valence-electron chi connectivity index (χ1n) is 8.63. The predicted octanol–water partition coefficient (Wildman–Crippen LogP) is 2.30. The molecule has 124 valence electrons. The number of aromatic nitrogens is 1. The summed E-state index contributed by atoms with van der Waals surface area (Å²) < 4.78 is 0. The Morgan fingerprint density at radius 1 is 1.30 bits per heavy atom. The van der Waals surface area contributed by atoms with E-state index in [1.54, 1.807) is 12.3 Å². The average Bonchev–Trinajstić information content (AvgIpc) is 2.88. The highest BCUT2D eigenvalue weighted by atomic mass is 16.2. The molecule has 2 amide bonds. The Kier molecular flexibility index (Phi) is 4.94. The van der Waals surface area contributed by atoms with Gasteiger partial charge in [0.15, 0.2) is 0 Å². The number of nitrogens with zero attached hydrogens (tertiary/aromatic N) is 2. The molecule has 0 aromatic carbocycles. The van der Waals surface area contributed by atoms with Gasteiger partial charge in [0, 0.05) is 31.4 Å². The van der Waals surface area contributed by atoms with E-state index in [9.17, 15) is 9.59 Å². The van der Waals surface area contributed by atoms with Crippen LogP contribution in [-0.4, -0.2) is 40.8 Å². The van der Waals surface area contributed by atoms with Crippen molar-refractivity contribution in [3.8, 4) is 0 Å². The first-order chi connectivity index (χ1) is 11.1. The van der Waals surface area contributed by atoms with Crippen molar-refractivity contribution in [2.45, 2.75) is 51.5 Å². The van der Waals surface area contributed by atoms with Crippen LogP contribution in [0.1, 0.15) is 54.6 Å². The van der Waals surface area contributed by atoms with Gasteiger partial charge in [-0.05, 0) is 37.8 Å². The third-order valence-corrected chi connectivity index (χ3v) is 4.93. The van der Waals surface area contributed by atoms with Crippen molar-refractivity contribution in [1.82, 2.24) is 15.2 Å². The Morgan fingerprint density at radius 3 is 2.78 bits per heavy atom. The number of hydrogen-bond acceptors (Lipinski definition) is 3. The van der Waals surface area contributed by atoms with Crippen LogP contribution in [-0.2, 0) is 4.79 Å². The van der Waals surface area contributed by atoms with Crippen LogP contribution >= 0.6 is 0 Å². The number of pyridine rings is 1. The highest BCUT2D eigenvalue weighted by Gasteiger charge is 2.32. The van der Waals surface area contributed by atoms with E-state index in [-0.39, 0.29) is 17.9 Å². The summed E-state index contributed by atoms with van der Waals surface area (Å²) >= 11 is 0. The van der Waals surface area contributed by atoms with Crippen molar-refractivity contribution in [1.29, 1.82) is 0 Å². The number of aryl methyl sites for hydroxylation is 1. The van der Waals surface area contributed by atoms with Crippen molar-refractivity contribution in [3.63, 3.8) is 0 Å². The Balaban J connectivity index is 1.52. The molecule has 1 saturated heterocycles. The normalized spacial score (nSPS) is 22.4. The number of amides is 2. The van der Waals surface area contributed by atoms with Gasteiger partial charge in [-0.15, -0.1) is 0 Å². The van der Waals surface area contributed by atoms with Gasteiger partial charge in [0.25, 0.3) is 5.91 Å². The molecule has 0 radical (unpaired) electrons. The molecule has 3 rings (SSSR count). The Labute approximate surface area is 137 Å². The lowest BCUT2D eigenvalue weighted by Crippen LogP contribution is -2.38. The molecule has 2 fully saturated rings. The SMILES string of the molecule is Cc1ccc(C(=O)N[C@H]2CC(=O)N(CC3CCCCC3)C2)cn1. The molecule has 5 nitrogen and oxygen atoms in total. The molecule has 1 N–H and O–H groups in total. The van der Waals surface area contributed by atoms with E-state index in [4.69, 9.17) is 0 Å². The molecule has 2 heterocycles. The summed E-state index contributed by atoms with van der Waals surface area (Å²) in [6.07, 6.45) is 8.36. The second kappa shape index (κ2) is 7.11. The number of carbonyl (C=O) groups is 2. The van der Waals surface area contributed by atoms with Crippen LogP contribution in [0.5, 0.6) is 0 Å². The summed E-state index contributed by atoms with van der Waals surface area (Å²) in [5, 5.41) is 2.97. The average molecular weight is 315 g/mol. The van der Waals surface area contributed by atoms with E-state index < -0.39 is 0 Å². The van der Waals surface area contributed by atoms with Gasteiger partial charge in [-0.2, -0.15) is 0 Å². The number of likely N-dealkylation sites (tertiary alicyclic amines) is 1. The minimum Gasteiger partial charge on any atom is -0.347 e. The van der Waals surface area contributed by atoms with E-state index in [2.05, 4.69) is 10.3 Å². The fourth-order valence-corrected chi connectivity index (χ4v) is 3.60. The lowest BCUT2D eigenvalue weighted by atomic mass is 9.89.